The fraction of sp³-hybridized carbons (Fsp3) is 0.222. The predicted octanol–water partition coefficient (Wildman–Crippen LogP) is 0.911. The molecule has 0 heterocycles. The van der Waals surface area contributed by atoms with Crippen molar-refractivity contribution < 1.29 is 0 Å². The highest BCUT2D eigenvalue weighted by Gasteiger charge is 1.97. The van der Waals surface area contributed by atoms with Crippen LogP contribution in [0.4, 0.5) is 5.69 Å². The van der Waals surface area contributed by atoms with E-state index >= 15 is 0 Å². The van der Waals surface area contributed by atoms with E-state index in [2.05, 4.69) is 6.07 Å². The largest absolute Gasteiger partial charge is 0.362 e. The number of hydrogen-bond acceptors (Lipinski definition) is 3. The third-order valence-corrected chi connectivity index (χ3v) is 1.69. The van der Waals surface area contributed by atoms with Crippen LogP contribution in [0, 0.1) is 11.3 Å². The minimum atomic E-state index is 0.453. The Balaban J connectivity index is 2.95. The molecule has 1 aromatic rings. The van der Waals surface area contributed by atoms with Gasteiger partial charge in [-0.15, -0.1) is 0 Å². The minimum Gasteiger partial charge on any atom is -0.362 e. The van der Waals surface area contributed by atoms with Crippen LogP contribution >= 0.6 is 0 Å². The van der Waals surface area contributed by atoms with E-state index in [1.807, 2.05) is 30.1 Å². The summed E-state index contributed by atoms with van der Waals surface area (Å²) in [6.07, 6.45) is 0. The average Bonchev–Trinajstić information content (AvgIpc) is 2.17. The molecule has 1 aromatic carbocycles. The van der Waals surface area contributed by atoms with Gasteiger partial charge in [-0.3, -0.25) is 0 Å². The number of nitriles is 1. The van der Waals surface area contributed by atoms with Crippen LogP contribution in [0.1, 0.15) is 5.56 Å². The molecule has 1 rings (SSSR count). The molecule has 0 saturated heterocycles. The molecular weight excluding hydrogens is 150 g/mol. The zero-order valence-electron chi connectivity index (χ0n) is 6.99. The highest BCUT2D eigenvalue weighted by Crippen LogP contribution is 2.12. The summed E-state index contributed by atoms with van der Waals surface area (Å²) in [7, 11) is 1.89. The molecule has 0 bridgehead atoms. The zero-order chi connectivity index (χ0) is 8.97. The summed E-state index contributed by atoms with van der Waals surface area (Å²) in [4.78, 5) is 1.88. The number of rotatable bonds is 2. The average molecular weight is 161 g/mol. The summed E-state index contributed by atoms with van der Waals surface area (Å²) in [5.74, 6) is 0. The minimum absolute atomic E-state index is 0.453. The third kappa shape index (κ3) is 1.74. The van der Waals surface area contributed by atoms with Gasteiger partial charge in [0.2, 0.25) is 0 Å². The van der Waals surface area contributed by atoms with Gasteiger partial charge < -0.3 is 10.6 Å². The Morgan fingerprint density at radius 3 is 2.92 bits per heavy atom. The zero-order valence-corrected chi connectivity index (χ0v) is 6.99. The Kier molecular flexibility index (Phi) is 2.67. The summed E-state index contributed by atoms with van der Waals surface area (Å²) < 4.78 is 0. The lowest BCUT2D eigenvalue weighted by molar-refractivity contribution is 0.933. The third-order valence-electron chi connectivity index (χ3n) is 1.69. The second-order valence-electron chi connectivity index (χ2n) is 2.54. The Bertz CT molecular complexity index is 301. The van der Waals surface area contributed by atoms with Crippen LogP contribution in [-0.4, -0.2) is 13.7 Å². The van der Waals surface area contributed by atoms with Gasteiger partial charge in [-0.2, -0.15) is 5.26 Å². The summed E-state index contributed by atoms with van der Waals surface area (Å²) in [5, 5.41) is 8.62. The maximum atomic E-state index is 8.62. The first kappa shape index (κ1) is 8.57. The van der Waals surface area contributed by atoms with E-state index < -0.39 is 0 Å². The topological polar surface area (TPSA) is 53.0 Å². The van der Waals surface area contributed by atoms with Crippen molar-refractivity contribution in [3.8, 4) is 6.07 Å². The van der Waals surface area contributed by atoms with Crippen molar-refractivity contribution in [3.05, 3.63) is 29.8 Å². The fourth-order valence-corrected chi connectivity index (χ4v) is 0.918. The molecule has 3 heteroatoms. The van der Waals surface area contributed by atoms with Crippen LogP contribution in [0.15, 0.2) is 24.3 Å². The van der Waals surface area contributed by atoms with Crippen molar-refractivity contribution in [2.75, 3.05) is 18.6 Å². The second kappa shape index (κ2) is 3.74. The van der Waals surface area contributed by atoms with Gasteiger partial charge in [0.25, 0.3) is 0 Å². The van der Waals surface area contributed by atoms with Crippen molar-refractivity contribution in [2.45, 2.75) is 0 Å². The Morgan fingerprint density at radius 2 is 2.33 bits per heavy atom. The molecule has 0 saturated carbocycles. The van der Waals surface area contributed by atoms with Crippen LogP contribution < -0.4 is 10.6 Å². The van der Waals surface area contributed by atoms with E-state index in [0.29, 0.717) is 12.2 Å². The lowest BCUT2D eigenvalue weighted by Gasteiger charge is -2.15. The maximum absolute atomic E-state index is 8.62. The summed E-state index contributed by atoms with van der Waals surface area (Å²) in [5.41, 5.74) is 7.07. The molecule has 12 heavy (non-hydrogen) atoms. The Hall–Kier alpha value is -1.53. The smallest absolute Gasteiger partial charge is 0.0992 e. The molecule has 0 amide bonds. The van der Waals surface area contributed by atoms with Crippen LogP contribution in [0.5, 0.6) is 0 Å². The maximum Gasteiger partial charge on any atom is 0.0992 e. The number of nitrogens with two attached hydrogens (primary N) is 1. The molecule has 62 valence electrons. The van der Waals surface area contributed by atoms with Gasteiger partial charge in [-0.25, -0.2) is 0 Å². The van der Waals surface area contributed by atoms with Crippen molar-refractivity contribution in [1.82, 2.24) is 0 Å². The van der Waals surface area contributed by atoms with E-state index in [-0.39, 0.29) is 0 Å². The molecule has 0 aliphatic carbocycles. The molecule has 0 fully saturated rings. The number of nitrogens with zero attached hydrogens (tertiary/aromatic N) is 2. The van der Waals surface area contributed by atoms with Gasteiger partial charge in [0.05, 0.1) is 18.3 Å². The van der Waals surface area contributed by atoms with E-state index in [9.17, 15) is 0 Å². The Labute approximate surface area is 72.0 Å². The van der Waals surface area contributed by atoms with Gasteiger partial charge >= 0.3 is 0 Å². The van der Waals surface area contributed by atoms with Crippen molar-refractivity contribution in [2.24, 2.45) is 5.73 Å². The first-order valence-electron chi connectivity index (χ1n) is 3.69. The molecule has 0 atom stereocenters. The quantitative estimate of drug-likeness (QED) is 0.656. The van der Waals surface area contributed by atoms with Crippen LogP contribution in [-0.2, 0) is 0 Å². The molecular formula is C9H11N3. The highest BCUT2D eigenvalue weighted by atomic mass is 15.1. The first-order valence-corrected chi connectivity index (χ1v) is 3.69. The lowest BCUT2D eigenvalue weighted by atomic mass is 10.2. The second-order valence-corrected chi connectivity index (χ2v) is 2.54. The number of anilines is 1. The number of hydrogen-bond donors (Lipinski definition) is 1. The molecule has 3 nitrogen and oxygen atoms in total. The van der Waals surface area contributed by atoms with E-state index in [4.69, 9.17) is 11.0 Å². The van der Waals surface area contributed by atoms with Gasteiger partial charge in [-0.1, -0.05) is 6.07 Å². The summed E-state index contributed by atoms with van der Waals surface area (Å²) in [6.45, 7) is 0.453. The molecule has 0 aromatic heterocycles. The van der Waals surface area contributed by atoms with Crippen molar-refractivity contribution in [3.63, 3.8) is 0 Å². The van der Waals surface area contributed by atoms with Gasteiger partial charge in [0, 0.05) is 12.7 Å². The highest BCUT2D eigenvalue weighted by molar-refractivity contribution is 5.50. The summed E-state index contributed by atoms with van der Waals surface area (Å²) in [6, 6.07) is 9.43. The van der Waals surface area contributed by atoms with E-state index in [1.165, 1.54) is 0 Å². The van der Waals surface area contributed by atoms with Gasteiger partial charge in [0.15, 0.2) is 0 Å². The van der Waals surface area contributed by atoms with Crippen molar-refractivity contribution in [1.29, 1.82) is 5.26 Å². The molecule has 0 spiro atoms. The molecule has 0 unspecified atom stereocenters. The normalized spacial score (nSPS) is 9.08. The SMILES string of the molecule is CN(CN)c1cccc(C#N)c1. The monoisotopic (exact) mass is 161 g/mol. The molecule has 0 radical (unpaired) electrons. The first-order chi connectivity index (χ1) is 5.77. The standard InChI is InChI=1S/C9H11N3/c1-12(7-11)9-4-2-3-8(5-9)6-10/h2-5H,7,11H2,1H3. The van der Waals surface area contributed by atoms with Crippen molar-refractivity contribution >= 4 is 5.69 Å². The molecule has 0 aliphatic rings. The van der Waals surface area contributed by atoms with E-state index in [0.717, 1.165) is 5.69 Å². The van der Waals surface area contributed by atoms with Gasteiger partial charge in [-0.05, 0) is 18.2 Å². The fourth-order valence-electron chi connectivity index (χ4n) is 0.918. The van der Waals surface area contributed by atoms with Crippen LogP contribution in [0.2, 0.25) is 0 Å². The molecule has 2 N–H and O–H groups in total. The Morgan fingerprint density at radius 1 is 1.58 bits per heavy atom. The van der Waals surface area contributed by atoms with Gasteiger partial charge in [0.1, 0.15) is 0 Å². The predicted molar refractivity (Wildman–Crippen MR) is 48.6 cm³/mol. The van der Waals surface area contributed by atoms with Crippen LogP contribution in [0.3, 0.4) is 0 Å². The summed E-state index contributed by atoms with van der Waals surface area (Å²) >= 11 is 0. The number of benzene rings is 1. The van der Waals surface area contributed by atoms with E-state index in [1.54, 1.807) is 6.07 Å². The van der Waals surface area contributed by atoms with Crippen LogP contribution in [0.25, 0.3) is 0 Å². The lowest BCUT2D eigenvalue weighted by Crippen LogP contribution is -2.24. The molecule has 0 aliphatic heterocycles.